The molecule has 1 unspecified atom stereocenters. The number of benzene rings is 1. The van der Waals surface area contributed by atoms with Gasteiger partial charge in [-0.2, -0.15) is 0 Å². The first-order chi connectivity index (χ1) is 10.6. The zero-order chi connectivity index (χ0) is 15.7. The van der Waals surface area contributed by atoms with E-state index in [0.717, 1.165) is 17.0 Å². The molecule has 0 bridgehead atoms. The van der Waals surface area contributed by atoms with Crippen LogP contribution in [-0.2, 0) is 9.47 Å². The Labute approximate surface area is 129 Å². The molecule has 0 amide bonds. The second-order valence-corrected chi connectivity index (χ2v) is 5.28. The highest BCUT2D eigenvalue weighted by Gasteiger charge is 2.30. The van der Waals surface area contributed by atoms with Crippen molar-refractivity contribution in [2.45, 2.75) is 20.0 Å². The number of carbonyl (C=O) groups is 1. The molecule has 3 rings (SSSR count). The molecule has 5 nitrogen and oxygen atoms in total. The van der Waals surface area contributed by atoms with Crippen molar-refractivity contribution < 1.29 is 14.3 Å². The van der Waals surface area contributed by atoms with Gasteiger partial charge in [0.1, 0.15) is 6.10 Å². The number of aliphatic imine (C=N–C) groups is 1. The first-order valence-electron chi connectivity index (χ1n) is 7.15. The second-order valence-electron chi connectivity index (χ2n) is 5.28. The summed E-state index contributed by atoms with van der Waals surface area (Å²) in [7, 11) is 1.37. The lowest BCUT2D eigenvalue weighted by Crippen LogP contribution is -2.12. The van der Waals surface area contributed by atoms with Crippen molar-refractivity contribution in [3.05, 3.63) is 58.4 Å². The zero-order valence-electron chi connectivity index (χ0n) is 12.8. The molecule has 1 aromatic carbocycles. The summed E-state index contributed by atoms with van der Waals surface area (Å²) in [5.41, 5.74) is 3.88. The summed E-state index contributed by atoms with van der Waals surface area (Å²) in [5.74, 6) is 0.113. The third kappa shape index (κ3) is 2.39. The van der Waals surface area contributed by atoms with E-state index in [-0.39, 0.29) is 12.1 Å². The summed E-state index contributed by atoms with van der Waals surface area (Å²) in [6, 6.07) is 9.94. The van der Waals surface area contributed by atoms with Crippen LogP contribution in [-0.4, -0.2) is 30.5 Å². The summed E-state index contributed by atoms with van der Waals surface area (Å²) >= 11 is 0. The maximum atomic E-state index is 12.0. The molecular weight excluding hydrogens is 280 g/mol. The smallest absolute Gasteiger partial charge is 0.340 e. The number of nitrogens with zero attached hydrogens (tertiary/aromatic N) is 1. The summed E-state index contributed by atoms with van der Waals surface area (Å²) < 4.78 is 10.9. The number of hydrogen-bond acceptors (Lipinski definition) is 4. The molecule has 0 aliphatic carbocycles. The van der Waals surface area contributed by atoms with E-state index in [0.29, 0.717) is 23.6 Å². The van der Waals surface area contributed by atoms with Crippen LogP contribution in [0.4, 0.5) is 0 Å². The third-order valence-corrected chi connectivity index (χ3v) is 3.80. The van der Waals surface area contributed by atoms with Gasteiger partial charge in [-0.15, -0.1) is 0 Å². The van der Waals surface area contributed by atoms with Crippen LogP contribution in [0.5, 0.6) is 0 Å². The lowest BCUT2D eigenvalue weighted by atomic mass is 10.1. The Morgan fingerprint density at radius 1 is 1.27 bits per heavy atom. The van der Waals surface area contributed by atoms with Crippen LogP contribution >= 0.6 is 0 Å². The topological polar surface area (TPSA) is 63.7 Å². The molecule has 1 N–H and O–H groups in total. The number of nitrogens with one attached hydrogen (secondary N) is 1. The van der Waals surface area contributed by atoms with E-state index in [2.05, 4.69) is 9.98 Å². The van der Waals surface area contributed by atoms with E-state index in [1.165, 1.54) is 7.11 Å². The summed E-state index contributed by atoms with van der Waals surface area (Å²) in [4.78, 5) is 19.7. The van der Waals surface area contributed by atoms with Gasteiger partial charge in [-0.3, -0.25) is 0 Å². The fraction of sp³-hybridized carbons (Fsp3) is 0.294. The number of aryl methyl sites for hydroxylation is 2. The van der Waals surface area contributed by atoms with Gasteiger partial charge in [-0.05, 0) is 19.4 Å². The molecule has 0 spiro atoms. The molecule has 1 aromatic heterocycles. The van der Waals surface area contributed by atoms with Gasteiger partial charge in [0.05, 0.1) is 24.8 Å². The highest BCUT2D eigenvalue weighted by Crippen LogP contribution is 2.29. The van der Waals surface area contributed by atoms with Crippen molar-refractivity contribution >= 4 is 11.9 Å². The fourth-order valence-electron chi connectivity index (χ4n) is 2.76. The van der Waals surface area contributed by atoms with Crippen molar-refractivity contribution in [1.82, 2.24) is 4.98 Å². The van der Waals surface area contributed by atoms with Crippen LogP contribution < -0.4 is 0 Å². The van der Waals surface area contributed by atoms with E-state index < -0.39 is 0 Å². The van der Waals surface area contributed by atoms with Crippen LogP contribution in [0.3, 0.4) is 0 Å². The molecule has 22 heavy (non-hydrogen) atoms. The maximum Gasteiger partial charge on any atom is 0.340 e. The number of methoxy groups -OCH3 is 1. The van der Waals surface area contributed by atoms with E-state index in [1.54, 1.807) is 0 Å². The lowest BCUT2D eigenvalue weighted by Gasteiger charge is -2.12. The van der Waals surface area contributed by atoms with E-state index >= 15 is 0 Å². The molecule has 0 saturated carbocycles. The Hall–Kier alpha value is -2.56. The molecule has 0 saturated heterocycles. The molecule has 0 fully saturated rings. The van der Waals surface area contributed by atoms with Crippen LogP contribution in [0, 0.1) is 13.8 Å². The van der Waals surface area contributed by atoms with Gasteiger partial charge in [0.15, 0.2) is 0 Å². The molecule has 5 heteroatoms. The second kappa shape index (κ2) is 5.67. The number of rotatable bonds is 3. The lowest BCUT2D eigenvalue weighted by molar-refractivity contribution is 0.0599. The van der Waals surface area contributed by atoms with Gasteiger partial charge in [0.25, 0.3) is 0 Å². The summed E-state index contributed by atoms with van der Waals surface area (Å²) in [6.45, 7) is 4.28. The molecule has 2 aromatic rings. The summed E-state index contributed by atoms with van der Waals surface area (Å²) in [6.07, 6.45) is -0.115. The van der Waals surface area contributed by atoms with E-state index in [1.807, 2.05) is 44.2 Å². The van der Waals surface area contributed by atoms with Gasteiger partial charge >= 0.3 is 5.97 Å². The van der Waals surface area contributed by atoms with Gasteiger partial charge in [-0.25, -0.2) is 9.79 Å². The van der Waals surface area contributed by atoms with Gasteiger partial charge in [-0.1, -0.05) is 30.3 Å². The fourth-order valence-corrected chi connectivity index (χ4v) is 2.76. The first kappa shape index (κ1) is 14.4. The molecule has 2 heterocycles. The van der Waals surface area contributed by atoms with Crippen molar-refractivity contribution in [2.75, 3.05) is 13.7 Å². The standard InChI is InChI=1S/C17H18N2O3/c1-10-14(15(11(2)19-10)17(20)21-3)16-18-9-13(22-16)12-7-5-4-6-8-12/h4-8,13,19H,9H2,1-3H3. The highest BCUT2D eigenvalue weighted by molar-refractivity contribution is 6.07. The predicted octanol–water partition coefficient (Wildman–Crippen LogP) is 2.94. The average molecular weight is 298 g/mol. The van der Waals surface area contributed by atoms with E-state index in [4.69, 9.17) is 9.47 Å². The highest BCUT2D eigenvalue weighted by atomic mass is 16.5. The summed E-state index contributed by atoms with van der Waals surface area (Å²) in [5, 5.41) is 0. The Kier molecular flexibility index (Phi) is 3.71. The Morgan fingerprint density at radius 3 is 2.68 bits per heavy atom. The third-order valence-electron chi connectivity index (χ3n) is 3.80. The normalized spacial score (nSPS) is 17.0. The monoisotopic (exact) mass is 298 g/mol. The van der Waals surface area contributed by atoms with Gasteiger partial charge in [0, 0.05) is 11.4 Å². The number of ether oxygens (including phenoxy) is 2. The quantitative estimate of drug-likeness (QED) is 0.886. The zero-order valence-corrected chi connectivity index (χ0v) is 12.8. The molecule has 114 valence electrons. The number of aromatic amines is 1. The van der Waals surface area contributed by atoms with Crippen molar-refractivity contribution in [3.8, 4) is 0 Å². The van der Waals surface area contributed by atoms with Crippen molar-refractivity contribution in [1.29, 1.82) is 0 Å². The van der Waals surface area contributed by atoms with Gasteiger partial charge < -0.3 is 14.5 Å². The molecule has 1 atom stereocenters. The largest absolute Gasteiger partial charge is 0.467 e. The predicted molar refractivity (Wildman–Crippen MR) is 83.3 cm³/mol. The van der Waals surface area contributed by atoms with Gasteiger partial charge in [0.2, 0.25) is 5.90 Å². The number of carbonyl (C=O) groups excluding carboxylic acids is 1. The molecule has 1 aliphatic rings. The van der Waals surface area contributed by atoms with Crippen LogP contribution in [0.25, 0.3) is 0 Å². The maximum absolute atomic E-state index is 12.0. The Morgan fingerprint density at radius 2 is 2.00 bits per heavy atom. The Balaban J connectivity index is 1.92. The van der Waals surface area contributed by atoms with Crippen LogP contribution in [0.1, 0.15) is 39.0 Å². The van der Waals surface area contributed by atoms with Crippen molar-refractivity contribution in [2.24, 2.45) is 4.99 Å². The van der Waals surface area contributed by atoms with E-state index in [9.17, 15) is 4.79 Å². The molecular formula is C17H18N2O3. The first-order valence-corrected chi connectivity index (χ1v) is 7.15. The van der Waals surface area contributed by atoms with Crippen LogP contribution in [0.2, 0.25) is 0 Å². The molecule has 1 aliphatic heterocycles. The number of hydrogen-bond donors (Lipinski definition) is 1. The number of H-pyrrole nitrogens is 1. The number of aromatic nitrogens is 1. The van der Waals surface area contributed by atoms with Crippen LogP contribution in [0.15, 0.2) is 35.3 Å². The van der Waals surface area contributed by atoms with Crippen molar-refractivity contribution in [3.63, 3.8) is 0 Å². The molecule has 0 radical (unpaired) electrons. The number of esters is 1. The Bertz CT molecular complexity index is 732. The minimum atomic E-state index is -0.383. The minimum absolute atomic E-state index is 0.115. The SMILES string of the molecule is COC(=O)c1c(C)[nH]c(C)c1C1=NCC(c2ccccc2)O1. The minimum Gasteiger partial charge on any atom is -0.467 e. The average Bonchev–Trinajstić information content (AvgIpc) is 3.11.